The van der Waals surface area contributed by atoms with Gasteiger partial charge in [-0.2, -0.15) is 5.10 Å². The van der Waals surface area contributed by atoms with Crippen LogP contribution in [0.2, 0.25) is 0 Å². The molecule has 0 unspecified atom stereocenters. The Morgan fingerprint density at radius 1 is 1.13 bits per heavy atom. The molecule has 10 nitrogen and oxygen atoms in total. The number of aromatic amines is 1. The minimum absolute atomic E-state index is 0.0145. The lowest BCUT2D eigenvalue weighted by Crippen LogP contribution is -2.34. The average molecular weight is 534 g/mol. The third kappa shape index (κ3) is 6.15. The molecule has 0 aliphatic carbocycles. The minimum Gasteiger partial charge on any atom is -0.394 e. The van der Waals surface area contributed by atoms with Gasteiger partial charge < -0.3 is 25.6 Å². The predicted molar refractivity (Wildman–Crippen MR) is 146 cm³/mol. The second-order valence-electron chi connectivity index (χ2n) is 10.7. The van der Waals surface area contributed by atoms with Crippen molar-refractivity contribution < 1.29 is 19.1 Å². The SMILES string of the molecule is CC1(C)CCN(CCNC(=O)c2ccc(F)c(NC(=O)c3cnc4[nH]c(-c5cnn(CCO)c5)cc4c3)c2)C1. The molecular weight excluding hydrogens is 501 g/mol. The fourth-order valence-electron chi connectivity index (χ4n) is 4.82. The van der Waals surface area contributed by atoms with Gasteiger partial charge in [0.05, 0.1) is 36.3 Å². The molecule has 1 aliphatic heterocycles. The fraction of sp³-hybridized carbons (Fsp3) is 0.357. The highest BCUT2D eigenvalue weighted by atomic mass is 19.1. The van der Waals surface area contributed by atoms with Crippen LogP contribution in [0.5, 0.6) is 0 Å². The van der Waals surface area contributed by atoms with Crippen molar-refractivity contribution in [1.29, 1.82) is 0 Å². The van der Waals surface area contributed by atoms with Crippen molar-refractivity contribution in [2.45, 2.75) is 26.8 Å². The molecule has 0 atom stereocenters. The Hall–Kier alpha value is -4.09. The van der Waals surface area contributed by atoms with E-state index in [1.807, 2.05) is 6.07 Å². The molecule has 5 rings (SSSR count). The van der Waals surface area contributed by atoms with Crippen LogP contribution in [0.1, 0.15) is 41.0 Å². The molecule has 0 spiro atoms. The monoisotopic (exact) mass is 533 g/mol. The number of nitrogens with one attached hydrogen (secondary N) is 3. The molecule has 2 amide bonds. The number of carbonyl (C=O) groups excluding carboxylic acids is 2. The normalized spacial score (nSPS) is 15.1. The molecule has 1 aromatic carbocycles. The van der Waals surface area contributed by atoms with Crippen molar-refractivity contribution >= 4 is 28.5 Å². The number of carbonyl (C=O) groups is 2. The summed E-state index contributed by atoms with van der Waals surface area (Å²) in [6.07, 6.45) is 6.01. The van der Waals surface area contributed by atoms with Gasteiger partial charge in [-0.25, -0.2) is 9.37 Å². The summed E-state index contributed by atoms with van der Waals surface area (Å²) < 4.78 is 16.2. The Kier molecular flexibility index (Phi) is 7.45. The summed E-state index contributed by atoms with van der Waals surface area (Å²) >= 11 is 0. The summed E-state index contributed by atoms with van der Waals surface area (Å²) in [7, 11) is 0. The van der Waals surface area contributed by atoms with Crippen LogP contribution in [0.15, 0.2) is 48.9 Å². The van der Waals surface area contributed by atoms with E-state index in [2.05, 4.69) is 44.4 Å². The van der Waals surface area contributed by atoms with Crippen LogP contribution >= 0.6 is 0 Å². The van der Waals surface area contributed by atoms with Gasteiger partial charge in [0.15, 0.2) is 0 Å². The Morgan fingerprint density at radius 3 is 2.74 bits per heavy atom. The van der Waals surface area contributed by atoms with Crippen molar-refractivity contribution in [2.24, 2.45) is 5.41 Å². The van der Waals surface area contributed by atoms with Gasteiger partial charge in [-0.15, -0.1) is 0 Å². The number of benzene rings is 1. The molecule has 0 saturated carbocycles. The molecule has 1 saturated heterocycles. The Labute approximate surface area is 225 Å². The van der Waals surface area contributed by atoms with Gasteiger partial charge >= 0.3 is 0 Å². The first-order chi connectivity index (χ1) is 18.7. The molecule has 4 N–H and O–H groups in total. The third-order valence-electron chi connectivity index (χ3n) is 6.95. The van der Waals surface area contributed by atoms with Crippen LogP contribution in [0.3, 0.4) is 0 Å². The summed E-state index contributed by atoms with van der Waals surface area (Å²) in [5.41, 5.74) is 2.87. The number of halogens is 1. The maximum atomic E-state index is 14.5. The van der Waals surface area contributed by atoms with Crippen LogP contribution in [0.25, 0.3) is 22.3 Å². The lowest BCUT2D eigenvalue weighted by Gasteiger charge is -2.19. The predicted octanol–water partition coefficient (Wildman–Crippen LogP) is 3.27. The largest absolute Gasteiger partial charge is 0.394 e. The van der Waals surface area contributed by atoms with E-state index in [9.17, 15) is 14.0 Å². The van der Waals surface area contributed by atoms with Gasteiger partial charge in [0.1, 0.15) is 11.5 Å². The Bertz CT molecular complexity index is 1510. The maximum Gasteiger partial charge on any atom is 0.257 e. The number of aliphatic hydroxyl groups is 1. The smallest absolute Gasteiger partial charge is 0.257 e. The third-order valence-corrected chi connectivity index (χ3v) is 6.95. The molecule has 204 valence electrons. The molecule has 1 aliphatic rings. The van der Waals surface area contributed by atoms with Crippen LogP contribution in [0.4, 0.5) is 10.1 Å². The van der Waals surface area contributed by atoms with E-state index in [0.29, 0.717) is 29.5 Å². The lowest BCUT2D eigenvalue weighted by molar-refractivity contribution is 0.0948. The number of H-pyrrole nitrogens is 1. The van der Waals surface area contributed by atoms with Gasteiger partial charge in [0.2, 0.25) is 0 Å². The molecule has 4 heterocycles. The molecular formula is C28H32FN7O3. The summed E-state index contributed by atoms with van der Waals surface area (Å²) in [6.45, 7) is 8.09. The van der Waals surface area contributed by atoms with E-state index in [1.54, 1.807) is 23.1 Å². The number of hydrogen-bond donors (Lipinski definition) is 4. The first-order valence-electron chi connectivity index (χ1n) is 12.9. The first kappa shape index (κ1) is 26.5. The van der Waals surface area contributed by atoms with Gasteiger partial charge in [0, 0.05) is 48.5 Å². The van der Waals surface area contributed by atoms with E-state index in [4.69, 9.17) is 5.11 Å². The first-order valence-corrected chi connectivity index (χ1v) is 12.9. The number of rotatable bonds is 9. The lowest BCUT2D eigenvalue weighted by atomic mass is 9.93. The number of fused-ring (bicyclic) bond motifs is 1. The number of amides is 2. The minimum atomic E-state index is -0.642. The number of hydrogen-bond acceptors (Lipinski definition) is 6. The Balaban J connectivity index is 1.24. The topological polar surface area (TPSA) is 128 Å². The number of nitrogens with zero attached hydrogens (tertiary/aromatic N) is 4. The number of aliphatic hydroxyl groups excluding tert-OH is 1. The summed E-state index contributed by atoms with van der Waals surface area (Å²) in [4.78, 5) is 35.5. The fourth-order valence-corrected chi connectivity index (χ4v) is 4.82. The highest BCUT2D eigenvalue weighted by Gasteiger charge is 2.28. The second-order valence-corrected chi connectivity index (χ2v) is 10.7. The highest BCUT2D eigenvalue weighted by molar-refractivity contribution is 6.06. The molecule has 1 fully saturated rings. The highest BCUT2D eigenvalue weighted by Crippen LogP contribution is 2.28. The summed E-state index contributed by atoms with van der Waals surface area (Å²) in [5.74, 6) is -1.51. The Morgan fingerprint density at radius 2 is 1.97 bits per heavy atom. The van der Waals surface area contributed by atoms with Crippen LogP contribution < -0.4 is 10.6 Å². The zero-order chi connectivity index (χ0) is 27.6. The standard InChI is InChI=1S/C28H32FN7O3/c1-28(2)5-7-35(17-28)8-6-30-26(38)18-3-4-22(29)24(12-18)34-27(39)20-11-19-13-23(33-25(19)31-14-20)21-15-32-36(16-21)9-10-37/h3-4,11-16,37H,5-10,17H2,1-2H3,(H,30,38)(H,31,33)(H,34,39). The van der Waals surface area contributed by atoms with E-state index in [0.717, 1.165) is 37.3 Å². The van der Waals surface area contributed by atoms with Crippen molar-refractivity contribution in [1.82, 2.24) is 30.0 Å². The average Bonchev–Trinajstić information content (AvgIpc) is 3.63. The van der Waals surface area contributed by atoms with Gasteiger partial charge in [-0.3, -0.25) is 14.3 Å². The quantitative estimate of drug-likeness (QED) is 0.262. The number of anilines is 1. The van der Waals surface area contributed by atoms with Gasteiger partial charge in [0.25, 0.3) is 11.8 Å². The van der Waals surface area contributed by atoms with E-state index >= 15 is 0 Å². The van der Waals surface area contributed by atoms with Crippen molar-refractivity contribution in [2.75, 3.05) is 38.1 Å². The van der Waals surface area contributed by atoms with Crippen LogP contribution in [-0.2, 0) is 6.54 Å². The number of likely N-dealkylation sites (tertiary alicyclic amines) is 1. The zero-order valence-corrected chi connectivity index (χ0v) is 22.0. The van der Waals surface area contributed by atoms with E-state index < -0.39 is 11.7 Å². The maximum absolute atomic E-state index is 14.5. The zero-order valence-electron chi connectivity index (χ0n) is 22.0. The molecule has 11 heteroatoms. The van der Waals surface area contributed by atoms with E-state index in [-0.39, 0.29) is 29.3 Å². The molecule has 39 heavy (non-hydrogen) atoms. The van der Waals surface area contributed by atoms with Gasteiger partial charge in [-0.1, -0.05) is 13.8 Å². The summed E-state index contributed by atoms with van der Waals surface area (Å²) in [5, 5.41) is 19.4. The number of pyridine rings is 1. The molecule has 0 radical (unpaired) electrons. The van der Waals surface area contributed by atoms with Crippen LogP contribution in [0, 0.1) is 11.2 Å². The van der Waals surface area contributed by atoms with Crippen LogP contribution in [-0.4, -0.2) is 74.4 Å². The molecule has 0 bridgehead atoms. The van der Waals surface area contributed by atoms with Crippen molar-refractivity contribution in [3.8, 4) is 11.3 Å². The van der Waals surface area contributed by atoms with E-state index in [1.165, 1.54) is 24.4 Å². The number of aromatic nitrogens is 4. The van der Waals surface area contributed by atoms with Crippen molar-refractivity contribution in [3.05, 3.63) is 65.9 Å². The second kappa shape index (κ2) is 11.0. The van der Waals surface area contributed by atoms with Crippen molar-refractivity contribution in [3.63, 3.8) is 0 Å². The molecule has 3 aromatic heterocycles. The van der Waals surface area contributed by atoms with Gasteiger partial charge in [-0.05, 0) is 48.7 Å². The molecule has 4 aromatic rings. The summed E-state index contributed by atoms with van der Waals surface area (Å²) in [6, 6.07) is 7.41.